The van der Waals surface area contributed by atoms with Crippen LogP contribution in [-0.2, 0) is 11.2 Å². The Morgan fingerprint density at radius 3 is 2.63 bits per heavy atom. The number of rotatable bonds is 7. The van der Waals surface area contributed by atoms with Crippen molar-refractivity contribution in [3.05, 3.63) is 29.3 Å². The first-order valence-electron chi connectivity index (χ1n) is 9.40. The molecular weight excluding hydrogens is 401 g/mol. The molecular formula is C20H31Cl2N3OS. The van der Waals surface area contributed by atoms with Gasteiger partial charge in [0.05, 0.1) is 20.6 Å². The summed E-state index contributed by atoms with van der Waals surface area (Å²) < 4.78 is 1.21. The molecule has 0 saturated carbocycles. The summed E-state index contributed by atoms with van der Waals surface area (Å²) in [6, 6.07) is 8.24. The lowest BCUT2D eigenvalue weighted by Crippen LogP contribution is -2.44. The zero-order valence-electron chi connectivity index (χ0n) is 16.4. The maximum atomic E-state index is 13.4. The van der Waals surface area contributed by atoms with Crippen molar-refractivity contribution in [3.63, 3.8) is 0 Å². The lowest BCUT2D eigenvalue weighted by atomic mass is 9.78. The van der Waals surface area contributed by atoms with E-state index in [-0.39, 0.29) is 30.2 Å². The zero-order chi connectivity index (χ0) is 17.9. The van der Waals surface area contributed by atoms with Gasteiger partial charge in [-0.15, -0.1) is 36.2 Å². The van der Waals surface area contributed by atoms with Gasteiger partial charge in [-0.05, 0) is 50.9 Å². The Hall–Kier alpha value is -0.880. The number of hydrogen-bond donors (Lipinski definition) is 1. The highest BCUT2D eigenvalue weighted by atomic mass is 35.5. The average Bonchev–Trinajstić information content (AvgIpc) is 3.25. The van der Waals surface area contributed by atoms with Gasteiger partial charge in [0.2, 0.25) is 5.91 Å². The van der Waals surface area contributed by atoms with E-state index in [1.807, 2.05) is 13.1 Å². The minimum absolute atomic E-state index is 0. The third-order valence-corrected chi connectivity index (χ3v) is 6.74. The molecule has 4 nitrogen and oxygen atoms in total. The molecule has 1 atom stereocenters. The number of carbonyl (C=O) groups is 1. The number of likely N-dealkylation sites (tertiary alicyclic amines) is 1. The van der Waals surface area contributed by atoms with Gasteiger partial charge in [-0.2, -0.15) is 0 Å². The van der Waals surface area contributed by atoms with Crippen molar-refractivity contribution in [2.75, 3.05) is 26.7 Å². The fourth-order valence-corrected chi connectivity index (χ4v) is 5.08. The molecule has 1 aliphatic heterocycles. The molecule has 0 radical (unpaired) electrons. The lowest BCUT2D eigenvalue weighted by Gasteiger charge is -2.34. The van der Waals surface area contributed by atoms with E-state index in [0.717, 1.165) is 55.8 Å². The van der Waals surface area contributed by atoms with Crippen molar-refractivity contribution in [2.24, 2.45) is 11.3 Å². The van der Waals surface area contributed by atoms with Gasteiger partial charge in [0.1, 0.15) is 0 Å². The van der Waals surface area contributed by atoms with Crippen molar-refractivity contribution >= 4 is 52.3 Å². The highest BCUT2D eigenvalue weighted by Crippen LogP contribution is 2.37. The van der Waals surface area contributed by atoms with Gasteiger partial charge < -0.3 is 10.2 Å². The number of halogens is 2. The third-order valence-electron chi connectivity index (χ3n) is 5.70. The van der Waals surface area contributed by atoms with Crippen molar-refractivity contribution in [2.45, 2.75) is 39.5 Å². The average molecular weight is 432 g/mol. The van der Waals surface area contributed by atoms with Crippen LogP contribution in [0.5, 0.6) is 0 Å². The molecule has 2 heterocycles. The molecule has 152 valence electrons. The number of fused-ring (bicyclic) bond motifs is 1. The first kappa shape index (κ1) is 24.2. The molecule has 1 aromatic heterocycles. The quantitative estimate of drug-likeness (QED) is 0.698. The van der Waals surface area contributed by atoms with Crippen LogP contribution in [0.25, 0.3) is 10.2 Å². The van der Waals surface area contributed by atoms with E-state index >= 15 is 0 Å². The number of aromatic nitrogens is 1. The zero-order valence-corrected chi connectivity index (χ0v) is 18.8. The van der Waals surface area contributed by atoms with Crippen LogP contribution in [0.3, 0.4) is 0 Å². The molecule has 2 aromatic rings. The van der Waals surface area contributed by atoms with Gasteiger partial charge in [-0.25, -0.2) is 4.98 Å². The topological polar surface area (TPSA) is 45.2 Å². The van der Waals surface area contributed by atoms with Crippen molar-refractivity contribution in [1.82, 2.24) is 15.2 Å². The van der Waals surface area contributed by atoms with Gasteiger partial charge in [0.15, 0.2) is 0 Å². The number of amides is 1. The van der Waals surface area contributed by atoms with Crippen LogP contribution < -0.4 is 5.32 Å². The van der Waals surface area contributed by atoms with Crippen LogP contribution in [0.1, 0.15) is 38.1 Å². The number of thiazole rings is 1. The summed E-state index contributed by atoms with van der Waals surface area (Å²) in [4.78, 5) is 20.3. The number of carbonyl (C=O) groups excluding carboxylic acids is 1. The predicted octanol–water partition coefficient (Wildman–Crippen LogP) is 4.56. The number of benzene rings is 1. The molecule has 1 aliphatic rings. The first-order valence-corrected chi connectivity index (χ1v) is 10.2. The van der Waals surface area contributed by atoms with E-state index in [0.29, 0.717) is 11.8 Å². The van der Waals surface area contributed by atoms with E-state index in [2.05, 4.69) is 42.3 Å². The molecule has 3 rings (SSSR count). The minimum Gasteiger partial charge on any atom is -0.342 e. The molecule has 1 amide bonds. The van der Waals surface area contributed by atoms with Crippen molar-refractivity contribution in [1.29, 1.82) is 0 Å². The molecule has 1 unspecified atom stereocenters. The highest BCUT2D eigenvalue weighted by molar-refractivity contribution is 7.18. The fourth-order valence-electron chi connectivity index (χ4n) is 3.97. The number of nitrogens with zero attached hydrogens (tertiary/aromatic N) is 2. The summed E-state index contributed by atoms with van der Waals surface area (Å²) in [6.45, 7) is 7.08. The van der Waals surface area contributed by atoms with Crippen LogP contribution in [0.4, 0.5) is 0 Å². The summed E-state index contributed by atoms with van der Waals surface area (Å²) in [5.41, 5.74) is 0.730. The van der Waals surface area contributed by atoms with E-state index in [4.69, 9.17) is 4.98 Å². The lowest BCUT2D eigenvalue weighted by molar-refractivity contribution is -0.141. The molecule has 7 heteroatoms. The van der Waals surface area contributed by atoms with Crippen LogP contribution >= 0.6 is 36.2 Å². The monoisotopic (exact) mass is 431 g/mol. The van der Waals surface area contributed by atoms with Crippen molar-refractivity contribution in [3.8, 4) is 0 Å². The summed E-state index contributed by atoms with van der Waals surface area (Å²) in [5, 5.41) is 4.33. The maximum absolute atomic E-state index is 13.4. The summed E-state index contributed by atoms with van der Waals surface area (Å²) in [5.74, 6) is 0.915. The molecule has 1 aromatic carbocycles. The van der Waals surface area contributed by atoms with Gasteiger partial charge >= 0.3 is 0 Å². The molecule has 1 fully saturated rings. The second kappa shape index (κ2) is 10.6. The molecule has 0 aliphatic carbocycles. The Morgan fingerprint density at radius 1 is 1.30 bits per heavy atom. The number of para-hydroxylation sites is 1. The van der Waals surface area contributed by atoms with Crippen molar-refractivity contribution < 1.29 is 4.79 Å². The SMILES string of the molecule is CCC(CC)(Cc1nc2ccccc2s1)C(=O)N1CCC(CNC)C1.Cl.Cl. The van der Waals surface area contributed by atoms with Gasteiger partial charge in [0, 0.05) is 19.5 Å². The third kappa shape index (κ3) is 5.14. The predicted molar refractivity (Wildman–Crippen MR) is 119 cm³/mol. The van der Waals surface area contributed by atoms with Crippen LogP contribution in [0.2, 0.25) is 0 Å². The molecule has 1 N–H and O–H groups in total. The standard InChI is InChI=1S/C20H29N3OS.2ClH/c1-4-20(5-2,19(24)23-11-10-15(14-23)13-21-3)12-18-22-16-8-6-7-9-17(16)25-18;;/h6-9,15,21H,4-5,10-14H2,1-3H3;2*1H. The summed E-state index contributed by atoms with van der Waals surface area (Å²) in [6.07, 6.45) is 3.60. The van der Waals surface area contributed by atoms with Gasteiger partial charge in [0.25, 0.3) is 0 Å². The Labute approximate surface area is 178 Å². The maximum Gasteiger partial charge on any atom is 0.229 e. The summed E-state index contributed by atoms with van der Waals surface area (Å²) >= 11 is 1.73. The smallest absolute Gasteiger partial charge is 0.229 e. The van der Waals surface area contributed by atoms with Crippen LogP contribution in [0, 0.1) is 11.3 Å². The van der Waals surface area contributed by atoms with E-state index in [1.165, 1.54) is 4.70 Å². The Morgan fingerprint density at radius 2 is 2.00 bits per heavy atom. The normalized spacial score (nSPS) is 16.9. The van der Waals surface area contributed by atoms with Crippen LogP contribution in [-0.4, -0.2) is 42.5 Å². The second-order valence-electron chi connectivity index (χ2n) is 7.20. The minimum atomic E-state index is -0.317. The molecule has 27 heavy (non-hydrogen) atoms. The Kier molecular flexibility index (Phi) is 9.49. The fraction of sp³-hybridized carbons (Fsp3) is 0.600. The largest absolute Gasteiger partial charge is 0.342 e. The second-order valence-corrected chi connectivity index (χ2v) is 8.32. The molecule has 1 saturated heterocycles. The first-order chi connectivity index (χ1) is 12.1. The molecule has 0 bridgehead atoms. The Balaban J connectivity index is 0.00000182. The van der Waals surface area contributed by atoms with Crippen LogP contribution in [0.15, 0.2) is 24.3 Å². The van der Waals surface area contributed by atoms with E-state index < -0.39 is 0 Å². The summed E-state index contributed by atoms with van der Waals surface area (Å²) in [7, 11) is 1.99. The Bertz CT molecular complexity index is 700. The van der Waals surface area contributed by atoms with E-state index in [1.54, 1.807) is 11.3 Å². The van der Waals surface area contributed by atoms with Gasteiger partial charge in [-0.3, -0.25) is 4.79 Å². The number of nitrogens with one attached hydrogen (secondary N) is 1. The molecule has 0 spiro atoms. The highest BCUT2D eigenvalue weighted by Gasteiger charge is 2.41. The number of hydrogen-bond acceptors (Lipinski definition) is 4. The van der Waals surface area contributed by atoms with E-state index in [9.17, 15) is 4.79 Å². The van der Waals surface area contributed by atoms with Gasteiger partial charge in [-0.1, -0.05) is 26.0 Å².